The number of amides is 1. The van der Waals surface area contributed by atoms with Crippen molar-refractivity contribution in [1.29, 1.82) is 0 Å². The Hall–Kier alpha value is -1.96. The number of carbonyl (C=O) groups excluding carboxylic acids is 1. The highest BCUT2D eigenvalue weighted by Gasteiger charge is 2.24. The molecule has 0 atom stereocenters. The normalized spacial score (nSPS) is 16.5. The van der Waals surface area contributed by atoms with E-state index in [2.05, 4.69) is 26.2 Å². The third kappa shape index (κ3) is 5.10. The van der Waals surface area contributed by atoms with Gasteiger partial charge in [-0.05, 0) is 82.2 Å². The average Bonchev–Trinajstić information content (AvgIpc) is 3.01. The van der Waals surface area contributed by atoms with E-state index < -0.39 is 0 Å². The van der Waals surface area contributed by atoms with E-state index in [9.17, 15) is 4.79 Å². The Morgan fingerprint density at radius 3 is 2.71 bits per heavy atom. The van der Waals surface area contributed by atoms with Gasteiger partial charge in [0.05, 0.1) is 28.8 Å². The van der Waals surface area contributed by atoms with Crippen LogP contribution < -0.4 is 14.8 Å². The van der Waals surface area contributed by atoms with E-state index in [1.807, 2.05) is 19.1 Å². The van der Waals surface area contributed by atoms with Gasteiger partial charge in [0.2, 0.25) is 0 Å². The second-order valence-electron chi connectivity index (χ2n) is 5.84. The lowest BCUT2D eigenvalue weighted by atomic mass is 10.2. The van der Waals surface area contributed by atoms with Crippen molar-refractivity contribution < 1.29 is 14.3 Å². The van der Waals surface area contributed by atoms with E-state index in [1.54, 1.807) is 37.5 Å². The molecule has 0 aliphatic carbocycles. The number of nitrogens with zero attached hydrogens (tertiary/aromatic N) is 1. The van der Waals surface area contributed by atoms with Crippen LogP contribution in [-0.2, 0) is 4.79 Å². The number of aliphatic imine (C=N–C) groups is 1. The van der Waals surface area contributed by atoms with Crippen LogP contribution >= 0.6 is 39.3 Å². The quantitative estimate of drug-likeness (QED) is 0.530. The van der Waals surface area contributed by atoms with Crippen LogP contribution in [0.3, 0.4) is 0 Å². The molecule has 1 amide bonds. The lowest BCUT2D eigenvalue weighted by Gasteiger charge is -2.13. The molecule has 0 saturated carbocycles. The smallest absolute Gasteiger partial charge is 0.264 e. The van der Waals surface area contributed by atoms with Crippen molar-refractivity contribution in [3.8, 4) is 11.5 Å². The van der Waals surface area contributed by atoms with Crippen LogP contribution in [-0.4, -0.2) is 24.8 Å². The van der Waals surface area contributed by atoms with E-state index in [-0.39, 0.29) is 5.91 Å². The molecule has 1 N–H and O–H groups in total. The maximum Gasteiger partial charge on any atom is 0.264 e. The minimum Gasteiger partial charge on any atom is -0.493 e. The maximum absolute atomic E-state index is 12.3. The Balaban J connectivity index is 1.84. The maximum atomic E-state index is 12.3. The van der Waals surface area contributed by atoms with Gasteiger partial charge < -0.3 is 14.8 Å². The lowest BCUT2D eigenvalue weighted by molar-refractivity contribution is -0.115. The molecule has 0 bridgehead atoms. The fourth-order valence-corrected chi connectivity index (χ4v) is 3.97. The zero-order chi connectivity index (χ0) is 20.1. The summed E-state index contributed by atoms with van der Waals surface area (Å²) >= 11 is 10.7. The molecule has 28 heavy (non-hydrogen) atoms. The summed E-state index contributed by atoms with van der Waals surface area (Å²) in [4.78, 5) is 17.3. The Morgan fingerprint density at radius 1 is 1.29 bits per heavy atom. The minimum atomic E-state index is -0.195. The van der Waals surface area contributed by atoms with Gasteiger partial charge in [0, 0.05) is 5.02 Å². The number of benzene rings is 2. The van der Waals surface area contributed by atoms with Gasteiger partial charge in [0.25, 0.3) is 5.91 Å². The summed E-state index contributed by atoms with van der Waals surface area (Å²) in [6.45, 7) is 2.64. The molecule has 1 saturated heterocycles. The molecule has 0 unspecified atom stereocenters. The molecule has 1 aliphatic heterocycles. The zero-order valence-corrected chi connectivity index (χ0v) is 18.5. The highest BCUT2D eigenvalue weighted by atomic mass is 79.9. The Kier molecular flexibility index (Phi) is 7.04. The Bertz CT molecular complexity index is 945. The molecule has 2 aromatic rings. The molecular weight excluding hydrogens is 464 g/mol. The predicted molar refractivity (Wildman–Crippen MR) is 119 cm³/mol. The van der Waals surface area contributed by atoms with Gasteiger partial charge in [-0.1, -0.05) is 18.5 Å². The van der Waals surface area contributed by atoms with Crippen LogP contribution in [0.1, 0.15) is 18.9 Å². The third-order valence-corrected chi connectivity index (χ3v) is 5.46. The van der Waals surface area contributed by atoms with Gasteiger partial charge in [0.15, 0.2) is 16.7 Å². The van der Waals surface area contributed by atoms with Crippen molar-refractivity contribution in [2.75, 3.05) is 13.7 Å². The summed E-state index contributed by atoms with van der Waals surface area (Å²) in [5, 5.41) is 3.93. The van der Waals surface area contributed by atoms with E-state index >= 15 is 0 Å². The molecule has 1 heterocycles. The van der Waals surface area contributed by atoms with Crippen molar-refractivity contribution >= 4 is 62.1 Å². The van der Waals surface area contributed by atoms with Crippen molar-refractivity contribution in [3.63, 3.8) is 0 Å². The largest absolute Gasteiger partial charge is 0.493 e. The standard InChI is InChI=1S/C20H18BrClN2O3S/c1-3-8-27-18-15(21)9-12(10-16(18)26-2)11-17-19(25)24-20(28-17)23-14-6-4-13(22)5-7-14/h4-7,9-11H,3,8H2,1-2H3,(H,23,24,25)/b17-11-. The first kappa shape index (κ1) is 20.8. The zero-order valence-electron chi connectivity index (χ0n) is 15.3. The summed E-state index contributed by atoms with van der Waals surface area (Å²) < 4.78 is 11.9. The molecule has 0 spiro atoms. The number of thioether (sulfide) groups is 1. The monoisotopic (exact) mass is 480 g/mol. The number of methoxy groups -OCH3 is 1. The summed E-state index contributed by atoms with van der Waals surface area (Å²) in [7, 11) is 1.59. The molecule has 1 aliphatic rings. The fraction of sp³-hybridized carbons (Fsp3) is 0.200. The highest BCUT2D eigenvalue weighted by Crippen LogP contribution is 2.38. The molecule has 8 heteroatoms. The summed E-state index contributed by atoms with van der Waals surface area (Å²) in [5.41, 5.74) is 1.54. The number of nitrogens with one attached hydrogen (secondary N) is 1. The van der Waals surface area contributed by atoms with Gasteiger partial charge in [-0.15, -0.1) is 0 Å². The first-order valence-corrected chi connectivity index (χ1v) is 10.5. The van der Waals surface area contributed by atoms with Crippen LogP contribution in [0.25, 0.3) is 6.08 Å². The third-order valence-electron chi connectivity index (χ3n) is 3.71. The minimum absolute atomic E-state index is 0.195. The number of ether oxygens (including phenoxy) is 2. The molecule has 3 rings (SSSR count). The van der Waals surface area contributed by atoms with Crippen LogP contribution in [0.4, 0.5) is 5.69 Å². The summed E-state index contributed by atoms with van der Waals surface area (Å²) in [5.74, 6) is 1.06. The van der Waals surface area contributed by atoms with Crippen LogP contribution in [0, 0.1) is 0 Å². The van der Waals surface area contributed by atoms with Crippen LogP contribution in [0.5, 0.6) is 11.5 Å². The van der Waals surface area contributed by atoms with E-state index in [0.29, 0.717) is 33.2 Å². The first-order chi connectivity index (χ1) is 13.5. The Morgan fingerprint density at radius 2 is 2.04 bits per heavy atom. The number of rotatable bonds is 6. The molecule has 2 aromatic carbocycles. The van der Waals surface area contributed by atoms with Crippen molar-refractivity contribution in [2.24, 2.45) is 4.99 Å². The second kappa shape index (κ2) is 9.49. The van der Waals surface area contributed by atoms with Gasteiger partial charge >= 0.3 is 0 Å². The number of hydrogen-bond acceptors (Lipinski definition) is 5. The fourth-order valence-electron chi connectivity index (χ4n) is 2.43. The first-order valence-electron chi connectivity index (χ1n) is 8.55. The molecule has 146 valence electrons. The topological polar surface area (TPSA) is 59.9 Å². The molecule has 1 fully saturated rings. The Labute approximate surface area is 181 Å². The van der Waals surface area contributed by atoms with Gasteiger partial charge in [0.1, 0.15) is 0 Å². The molecule has 0 aromatic heterocycles. The number of hydrogen-bond donors (Lipinski definition) is 1. The van der Waals surface area contributed by atoms with E-state index in [1.165, 1.54) is 11.8 Å². The van der Waals surface area contributed by atoms with Crippen molar-refractivity contribution in [1.82, 2.24) is 5.32 Å². The number of halogens is 2. The van der Waals surface area contributed by atoms with Crippen LogP contribution in [0.2, 0.25) is 5.02 Å². The van der Waals surface area contributed by atoms with E-state index in [0.717, 1.165) is 22.1 Å². The van der Waals surface area contributed by atoms with Gasteiger partial charge in [-0.25, -0.2) is 4.99 Å². The highest BCUT2D eigenvalue weighted by molar-refractivity contribution is 9.10. The second-order valence-corrected chi connectivity index (χ2v) is 8.16. The average molecular weight is 482 g/mol. The molecular formula is C20H18BrClN2O3S. The SMILES string of the molecule is CCCOc1c(Br)cc(/C=C2\SC(=Nc3ccc(Cl)cc3)NC2=O)cc1OC. The summed E-state index contributed by atoms with van der Waals surface area (Å²) in [6, 6.07) is 10.8. The summed E-state index contributed by atoms with van der Waals surface area (Å²) in [6.07, 6.45) is 2.69. The van der Waals surface area contributed by atoms with Crippen molar-refractivity contribution in [2.45, 2.75) is 13.3 Å². The van der Waals surface area contributed by atoms with E-state index in [4.69, 9.17) is 21.1 Å². The van der Waals surface area contributed by atoms with Gasteiger partial charge in [-0.3, -0.25) is 4.79 Å². The number of amidine groups is 1. The van der Waals surface area contributed by atoms with Crippen molar-refractivity contribution in [3.05, 3.63) is 56.4 Å². The lowest BCUT2D eigenvalue weighted by Crippen LogP contribution is -2.19. The predicted octanol–water partition coefficient (Wildman–Crippen LogP) is 5.79. The van der Waals surface area contributed by atoms with Gasteiger partial charge in [-0.2, -0.15) is 0 Å². The van der Waals surface area contributed by atoms with Crippen LogP contribution in [0.15, 0.2) is 50.8 Å². The number of carbonyl (C=O) groups is 1. The molecule has 5 nitrogen and oxygen atoms in total. The molecule has 0 radical (unpaired) electrons.